The highest BCUT2D eigenvalue weighted by Crippen LogP contribution is 2.36. The Bertz CT molecular complexity index is 883. The molecule has 2 heterocycles. The third-order valence-electron chi connectivity index (χ3n) is 4.62. The molecule has 1 amide bonds. The minimum Gasteiger partial charge on any atom is -0.462 e. The van der Waals surface area contributed by atoms with Crippen LogP contribution in [-0.4, -0.2) is 22.8 Å². The number of benzene rings is 1. The van der Waals surface area contributed by atoms with Crippen molar-refractivity contribution in [1.29, 1.82) is 0 Å². The Labute approximate surface area is 144 Å². The van der Waals surface area contributed by atoms with Crippen molar-refractivity contribution in [3.8, 4) is 10.8 Å². The molecular weight excluding hydrogens is 320 g/mol. The third kappa shape index (κ3) is 2.45. The van der Waals surface area contributed by atoms with E-state index in [0.29, 0.717) is 11.5 Å². The van der Waals surface area contributed by atoms with Crippen LogP contribution in [0, 0.1) is 6.92 Å². The summed E-state index contributed by atoms with van der Waals surface area (Å²) in [6.45, 7) is 1.94. The van der Waals surface area contributed by atoms with E-state index in [-0.39, 0.29) is 11.9 Å². The van der Waals surface area contributed by atoms with Gasteiger partial charge < -0.3 is 9.32 Å². The van der Waals surface area contributed by atoms with Crippen molar-refractivity contribution < 1.29 is 9.21 Å². The minimum atomic E-state index is -0.0248. The highest BCUT2D eigenvalue weighted by atomic mass is 32.1. The van der Waals surface area contributed by atoms with Gasteiger partial charge in [0.1, 0.15) is 5.69 Å². The first-order chi connectivity index (χ1) is 11.6. The number of amides is 1. The molecule has 0 fully saturated rings. The minimum absolute atomic E-state index is 0.0248. The van der Waals surface area contributed by atoms with Gasteiger partial charge >= 0.3 is 0 Å². The number of carbonyl (C=O) groups excluding carboxylic acids is 1. The van der Waals surface area contributed by atoms with E-state index in [4.69, 9.17) is 4.42 Å². The summed E-state index contributed by atoms with van der Waals surface area (Å²) in [4.78, 5) is 20.3. The van der Waals surface area contributed by atoms with E-state index in [0.717, 1.165) is 22.7 Å². The Morgan fingerprint density at radius 2 is 2.12 bits per heavy atom. The predicted octanol–water partition coefficient (Wildman–Crippen LogP) is 4.47. The molecule has 1 aliphatic carbocycles. The zero-order valence-corrected chi connectivity index (χ0v) is 14.5. The summed E-state index contributed by atoms with van der Waals surface area (Å²) in [5, 5.41) is 0.751. The average molecular weight is 338 g/mol. The van der Waals surface area contributed by atoms with E-state index >= 15 is 0 Å². The lowest BCUT2D eigenvalue weighted by Gasteiger charge is -2.25. The lowest BCUT2D eigenvalue weighted by atomic mass is 10.1. The predicted molar refractivity (Wildman–Crippen MR) is 94.2 cm³/mol. The molecule has 122 valence electrons. The normalized spacial score (nSPS) is 16.2. The number of hydrogen-bond donors (Lipinski definition) is 0. The Morgan fingerprint density at radius 3 is 2.92 bits per heavy atom. The lowest BCUT2D eigenvalue weighted by Crippen LogP contribution is -2.30. The maximum atomic E-state index is 13.0. The van der Waals surface area contributed by atoms with Crippen molar-refractivity contribution in [2.45, 2.75) is 25.8 Å². The molecule has 1 aromatic carbocycles. The maximum Gasteiger partial charge on any atom is 0.273 e. The number of furan rings is 1. The standard InChI is InChI=1S/C19H18N2O2S/c1-12-17(20-18(24-12)16-8-5-11-23-16)19(22)21(2)15-10-9-13-6-3-4-7-14(13)15/h3-8,11,15H,9-10H2,1-2H3. The Balaban J connectivity index is 1.63. The van der Waals surface area contributed by atoms with Crippen molar-refractivity contribution in [3.63, 3.8) is 0 Å². The summed E-state index contributed by atoms with van der Waals surface area (Å²) in [7, 11) is 1.88. The van der Waals surface area contributed by atoms with Gasteiger partial charge in [-0.15, -0.1) is 11.3 Å². The fourth-order valence-corrected chi connectivity index (χ4v) is 4.22. The van der Waals surface area contributed by atoms with E-state index in [1.54, 1.807) is 6.26 Å². The van der Waals surface area contributed by atoms with Crippen LogP contribution < -0.4 is 0 Å². The van der Waals surface area contributed by atoms with Crippen molar-refractivity contribution in [2.24, 2.45) is 0 Å². The lowest BCUT2D eigenvalue weighted by molar-refractivity contribution is 0.0725. The third-order valence-corrected chi connectivity index (χ3v) is 5.61. The summed E-state index contributed by atoms with van der Waals surface area (Å²) in [5.41, 5.74) is 3.12. The molecule has 1 atom stereocenters. The van der Waals surface area contributed by atoms with Gasteiger partial charge in [0.05, 0.1) is 12.3 Å². The molecule has 24 heavy (non-hydrogen) atoms. The van der Waals surface area contributed by atoms with Crippen LogP contribution in [0.5, 0.6) is 0 Å². The zero-order chi connectivity index (χ0) is 16.7. The Morgan fingerprint density at radius 1 is 1.29 bits per heavy atom. The van der Waals surface area contributed by atoms with Crippen LogP contribution in [0.4, 0.5) is 0 Å². The summed E-state index contributed by atoms with van der Waals surface area (Å²) < 4.78 is 5.40. The molecule has 0 saturated heterocycles. The fraction of sp³-hybridized carbons (Fsp3) is 0.263. The van der Waals surface area contributed by atoms with E-state index in [1.165, 1.54) is 22.5 Å². The smallest absolute Gasteiger partial charge is 0.273 e. The second-order valence-corrected chi connectivity index (χ2v) is 7.27. The number of aromatic nitrogens is 1. The zero-order valence-electron chi connectivity index (χ0n) is 13.7. The van der Waals surface area contributed by atoms with Crippen molar-refractivity contribution in [2.75, 3.05) is 7.05 Å². The molecular formula is C19H18N2O2S. The van der Waals surface area contributed by atoms with Gasteiger partial charge in [0.2, 0.25) is 0 Å². The first-order valence-electron chi connectivity index (χ1n) is 8.01. The van der Waals surface area contributed by atoms with Crippen LogP contribution >= 0.6 is 11.3 Å². The van der Waals surface area contributed by atoms with Crippen molar-refractivity contribution in [1.82, 2.24) is 9.88 Å². The second-order valence-electron chi connectivity index (χ2n) is 6.07. The van der Waals surface area contributed by atoms with Crippen LogP contribution in [0.25, 0.3) is 10.8 Å². The molecule has 0 aliphatic heterocycles. The summed E-state index contributed by atoms with van der Waals surface area (Å²) >= 11 is 1.49. The average Bonchev–Trinajstić information content (AvgIpc) is 3.32. The molecule has 1 unspecified atom stereocenters. The second kappa shape index (κ2) is 5.91. The largest absolute Gasteiger partial charge is 0.462 e. The van der Waals surface area contributed by atoms with Gasteiger partial charge in [-0.3, -0.25) is 4.79 Å². The van der Waals surface area contributed by atoms with Gasteiger partial charge in [0.25, 0.3) is 5.91 Å². The van der Waals surface area contributed by atoms with Crippen LogP contribution in [0.2, 0.25) is 0 Å². The first kappa shape index (κ1) is 15.1. The Hall–Kier alpha value is -2.40. The van der Waals surface area contributed by atoms with E-state index in [1.807, 2.05) is 37.1 Å². The highest BCUT2D eigenvalue weighted by Gasteiger charge is 2.30. The van der Waals surface area contributed by atoms with Gasteiger partial charge in [0, 0.05) is 11.9 Å². The van der Waals surface area contributed by atoms with Gasteiger partial charge in [-0.2, -0.15) is 0 Å². The van der Waals surface area contributed by atoms with Crippen molar-refractivity contribution >= 4 is 17.2 Å². The molecule has 2 aromatic heterocycles. The van der Waals surface area contributed by atoms with Crippen LogP contribution in [0.3, 0.4) is 0 Å². The van der Waals surface area contributed by atoms with E-state index in [2.05, 4.69) is 23.2 Å². The molecule has 4 rings (SSSR count). The number of carbonyl (C=O) groups is 1. The quantitative estimate of drug-likeness (QED) is 0.708. The molecule has 4 nitrogen and oxygen atoms in total. The first-order valence-corrected chi connectivity index (χ1v) is 8.83. The maximum absolute atomic E-state index is 13.0. The molecule has 1 aliphatic rings. The molecule has 0 spiro atoms. The number of fused-ring (bicyclic) bond motifs is 1. The molecule has 5 heteroatoms. The van der Waals surface area contributed by atoms with Gasteiger partial charge in [-0.05, 0) is 43.0 Å². The van der Waals surface area contributed by atoms with E-state index < -0.39 is 0 Å². The van der Waals surface area contributed by atoms with E-state index in [9.17, 15) is 4.79 Å². The van der Waals surface area contributed by atoms with Crippen LogP contribution in [0.15, 0.2) is 47.1 Å². The highest BCUT2D eigenvalue weighted by molar-refractivity contribution is 7.15. The molecule has 3 aromatic rings. The molecule has 0 N–H and O–H groups in total. The summed E-state index contributed by atoms with van der Waals surface area (Å²) in [6, 6.07) is 12.2. The molecule has 0 radical (unpaired) electrons. The Kier molecular flexibility index (Phi) is 3.73. The van der Waals surface area contributed by atoms with Gasteiger partial charge in [-0.1, -0.05) is 24.3 Å². The van der Waals surface area contributed by atoms with Gasteiger partial charge in [0.15, 0.2) is 10.8 Å². The van der Waals surface area contributed by atoms with Crippen LogP contribution in [0.1, 0.15) is 39.0 Å². The topological polar surface area (TPSA) is 46.3 Å². The van der Waals surface area contributed by atoms with Crippen molar-refractivity contribution in [3.05, 3.63) is 64.4 Å². The number of hydrogen-bond acceptors (Lipinski definition) is 4. The molecule has 0 saturated carbocycles. The SMILES string of the molecule is Cc1sc(-c2ccco2)nc1C(=O)N(C)C1CCc2ccccc21. The number of aryl methyl sites for hydroxylation is 2. The van der Waals surface area contributed by atoms with Crippen LogP contribution in [-0.2, 0) is 6.42 Å². The monoisotopic (exact) mass is 338 g/mol. The number of nitrogens with zero attached hydrogens (tertiary/aromatic N) is 2. The van der Waals surface area contributed by atoms with Gasteiger partial charge in [-0.25, -0.2) is 4.98 Å². The molecule has 0 bridgehead atoms. The summed E-state index contributed by atoms with van der Waals surface area (Å²) in [6.07, 6.45) is 3.61. The number of rotatable bonds is 3. The number of thiazole rings is 1. The fourth-order valence-electron chi connectivity index (χ4n) is 3.35. The summed E-state index contributed by atoms with van der Waals surface area (Å²) in [5.74, 6) is 0.680.